The normalized spacial score (nSPS) is 11.2. The summed E-state index contributed by atoms with van der Waals surface area (Å²) >= 11 is 0. The van der Waals surface area contributed by atoms with Crippen molar-refractivity contribution < 1.29 is 5.11 Å². The van der Waals surface area contributed by atoms with Crippen LogP contribution in [0.25, 0.3) is 5.57 Å². The van der Waals surface area contributed by atoms with Crippen molar-refractivity contribution >= 4 is 29.8 Å². The summed E-state index contributed by atoms with van der Waals surface area (Å²) in [6.45, 7) is 11.1. The lowest BCUT2D eigenvalue weighted by Gasteiger charge is -2.04. The third-order valence-corrected chi connectivity index (χ3v) is 2.91. The predicted octanol–water partition coefficient (Wildman–Crippen LogP) is 3.69. The van der Waals surface area contributed by atoms with Crippen molar-refractivity contribution in [2.24, 2.45) is 9.98 Å². The molecule has 2 rings (SSSR count). The number of aliphatic imine (C=N–C) groups is 2. The van der Waals surface area contributed by atoms with Gasteiger partial charge in [0.15, 0.2) is 5.82 Å². The van der Waals surface area contributed by atoms with Gasteiger partial charge in [-0.2, -0.15) is 9.97 Å². The molecule has 1 aromatic heterocycles. The molecule has 0 amide bonds. The van der Waals surface area contributed by atoms with Crippen LogP contribution < -0.4 is 0 Å². The quantitative estimate of drug-likeness (QED) is 0.868. The summed E-state index contributed by atoms with van der Waals surface area (Å²) < 4.78 is 0. The van der Waals surface area contributed by atoms with Gasteiger partial charge in [0, 0.05) is 11.8 Å². The SMILES string of the molecule is C=Nc1nc(O)cc(/N=C(/C)c2ccc(C(=C)C)cc2)n1. The number of nitrogens with zero attached hydrogens (tertiary/aromatic N) is 4. The molecular weight excluding hydrogens is 264 g/mol. The highest BCUT2D eigenvalue weighted by Crippen LogP contribution is 2.20. The summed E-state index contributed by atoms with van der Waals surface area (Å²) in [5.74, 6) is 0.252. The van der Waals surface area contributed by atoms with Crippen molar-refractivity contribution in [3.8, 4) is 5.88 Å². The molecule has 0 aliphatic rings. The van der Waals surface area contributed by atoms with E-state index in [0.717, 1.165) is 22.4 Å². The number of aromatic hydroxyl groups is 1. The minimum Gasteiger partial charge on any atom is -0.493 e. The highest BCUT2D eigenvalue weighted by molar-refractivity contribution is 6.00. The third-order valence-electron chi connectivity index (χ3n) is 2.91. The van der Waals surface area contributed by atoms with Crippen molar-refractivity contribution in [2.45, 2.75) is 13.8 Å². The standard InChI is InChI=1S/C16H16N4O/c1-10(2)12-5-7-13(8-6-12)11(3)18-14-9-15(21)20-16(17-4)19-14/h5-9H,1,4H2,2-3H3,(H,19,20,21)/b18-11-. The Kier molecular flexibility index (Phi) is 4.23. The monoisotopic (exact) mass is 280 g/mol. The second-order valence-electron chi connectivity index (χ2n) is 4.60. The molecule has 0 aliphatic heterocycles. The summed E-state index contributed by atoms with van der Waals surface area (Å²) in [6.07, 6.45) is 0. The molecule has 0 saturated carbocycles. The molecule has 0 aliphatic carbocycles. The van der Waals surface area contributed by atoms with E-state index in [4.69, 9.17) is 0 Å². The maximum atomic E-state index is 9.49. The van der Waals surface area contributed by atoms with Gasteiger partial charge in [0.1, 0.15) is 0 Å². The number of allylic oxidation sites excluding steroid dienone is 1. The lowest BCUT2D eigenvalue weighted by molar-refractivity contribution is 0.453. The Morgan fingerprint density at radius 1 is 1.10 bits per heavy atom. The van der Waals surface area contributed by atoms with Crippen molar-refractivity contribution in [3.63, 3.8) is 0 Å². The van der Waals surface area contributed by atoms with Crippen molar-refractivity contribution in [3.05, 3.63) is 48.0 Å². The van der Waals surface area contributed by atoms with Gasteiger partial charge in [0.2, 0.25) is 5.88 Å². The van der Waals surface area contributed by atoms with Crippen LogP contribution in [0.1, 0.15) is 25.0 Å². The number of hydrogen-bond donors (Lipinski definition) is 1. The Bertz CT molecular complexity index is 718. The maximum Gasteiger partial charge on any atom is 0.254 e. The van der Waals surface area contributed by atoms with E-state index in [2.05, 4.69) is 33.2 Å². The first-order valence-corrected chi connectivity index (χ1v) is 6.36. The molecule has 0 saturated heterocycles. The molecule has 0 radical (unpaired) electrons. The molecule has 1 heterocycles. The highest BCUT2D eigenvalue weighted by Gasteiger charge is 2.03. The topological polar surface area (TPSA) is 70.7 Å². The van der Waals surface area contributed by atoms with Crippen LogP contribution in [0.4, 0.5) is 11.8 Å². The van der Waals surface area contributed by atoms with Gasteiger partial charge in [-0.05, 0) is 31.7 Å². The minimum atomic E-state index is -0.184. The zero-order valence-corrected chi connectivity index (χ0v) is 12.0. The van der Waals surface area contributed by atoms with Gasteiger partial charge in [-0.1, -0.05) is 36.4 Å². The van der Waals surface area contributed by atoms with E-state index in [-0.39, 0.29) is 11.8 Å². The second-order valence-corrected chi connectivity index (χ2v) is 4.60. The second kappa shape index (κ2) is 6.09. The molecule has 5 heteroatoms. The fraction of sp³-hybridized carbons (Fsp3) is 0.125. The van der Waals surface area contributed by atoms with Gasteiger partial charge in [-0.3, -0.25) is 0 Å². The van der Waals surface area contributed by atoms with Crippen LogP contribution in [0.2, 0.25) is 0 Å². The summed E-state index contributed by atoms with van der Waals surface area (Å²) in [4.78, 5) is 15.7. The Morgan fingerprint density at radius 2 is 1.71 bits per heavy atom. The van der Waals surface area contributed by atoms with Crippen LogP contribution in [-0.4, -0.2) is 27.5 Å². The molecule has 106 valence electrons. The van der Waals surface area contributed by atoms with E-state index in [9.17, 15) is 5.11 Å². The van der Waals surface area contributed by atoms with Crippen molar-refractivity contribution in [1.82, 2.24) is 9.97 Å². The number of rotatable bonds is 4. The van der Waals surface area contributed by atoms with E-state index in [0.29, 0.717) is 5.82 Å². The third kappa shape index (κ3) is 3.60. The Hall–Kier alpha value is -2.82. The van der Waals surface area contributed by atoms with E-state index in [1.165, 1.54) is 6.07 Å². The predicted molar refractivity (Wildman–Crippen MR) is 85.9 cm³/mol. The minimum absolute atomic E-state index is 0.0965. The van der Waals surface area contributed by atoms with E-state index in [1.54, 1.807) is 0 Å². The fourth-order valence-corrected chi connectivity index (χ4v) is 1.77. The molecule has 1 aromatic carbocycles. The Labute approximate surface area is 123 Å². The summed E-state index contributed by atoms with van der Waals surface area (Å²) in [6, 6.07) is 9.29. The Balaban J connectivity index is 2.34. The van der Waals surface area contributed by atoms with E-state index < -0.39 is 0 Å². The molecule has 2 aromatic rings. The molecule has 0 spiro atoms. The molecule has 21 heavy (non-hydrogen) atoms. The molecule has 0 fully saturated rings. The first-order valence-electron chi connectivity index (χ1n) is 6.36. The number of benzene rings is 1. The van der Waals surface area contributed by atoms with E-state index in [1.807, 2.05) is 38.1 Å². The smallest absolute Gasteiger partial charge is 0.254 e. The summed E-state index contributed by atoms with van der Waals surface area (Å²) in [5.41, 5.74) is 3.84. The molecule has 0 bridgehead atoms. The van der Waals surface area contributed by atoms with Gasteiger partial charge in [-0.15, -0.1) is 0 Å². The zero-order chi connectivity index (χ0) is 15.4. The van der Waals surface area contributed by atoms with Gasteiger partial charge < -0.3 is 5.11 Å². The fourth-order valence-electron chi connectivity index (χ4n) is 1.77. The van der Waals surface area contributed by atoms with Gasteiger partial charge in [-0.25, -0.2) is 9.98 Å². The van der Waals surface area contributed by atoms with Gasteiger partial charge >= 0.3 is 0 Å². The van der Waals surface area contributed by atoms with Crippen molar-refractivity contribution in [2.75, 3.05) is 0 Å². The molecule has 0 unspecified atom stereocenters. The average molecular weight is 280 g/mol. The van der Waals surface area contributed by atoms with Crippen LogP contribution >= 0.6 is 0 Å². The van der Waals surface area contributed by atoms with Gasteiger partial charge in [0.05, 0.1) is 0 Å². The first-order chi connectivity index (χ1) is 9.99. The first kappa shape index (κ1) is 14.6. The van der Waals surface area contributed by atoms with Gasteiger partial charge in [0.25, 0.3) is 5.95 Å². The van der Waals surface area contributed by atoms with Crippen LogP contribution in [0.5, 0.6) is 5.88 Å². The largest absolute Gasteiger partial charge is 0.493 e. The van der Waals surface area contributed by atoms with Crippen LogP contribution in [0, 0.1) is 0 Å². The number of hydrogen-bond acceptors (Lipinski definition) is 5. The highest BCUT2D eigenvalue weighted by atomic mass is 16.3. The zero-order valence-electron chi connectivity index (χ0n) is 12.0. The van der Waals surface area contributed by atoms with E-state index >= 15 is 0 Å². The molecule has 0 atom stereocenters. The summed E-state index contributed by atoms with van der Waals surface area (Å²) in [7, 11) is 0. The molecular formula is C16H16N4O. The lowest BCUT2D eigenvalue weighted by Crippen LogP contribution is -1.95. The number of aromatic nitrogens is 2. The van der Waals surface area contributed by atoms with Crippen molar-refractivity contribution in [1.29, 1.82) is 0 Å². The van der Waals surface area contributed by atoms with Crippen LogP contribution in [0.3, 0.4) is 0 Å². The Morgan fingerprint density at radius 3 is 2.29 bits per heavy atom. The lowest BCUT2D eigenvalue weighted by atomic mass is 10.0. The maximum absolute atomic E-state index is 9.49. The van der Waals surface area contributed by atoms with Crippen LogP contribution in [-0.2, 0) is 0 Å². The molecule has 1 N–H and O–H groups in total. The molecule has 5 nitrogen and oxygen atoms in total. The summed E-state index contributed by atoms with van der Waals surface area (Å²) in [5, 5.41) is 9.49. The average Bonchev–Trinajstić information content (AvgIpc) is 2.46. The van der Waals surface area contributed by atoms with Crippen LogP contribution in [0.15, 0.2) is 46.9 Å².